The largest absolute Gasteiger partial charge is 0.379 e. The van der Waals surface area contributed by atoms with Crippen molar-refractivity contribution < 1.29 is 0 Å². The van der Waals surface area contributed by atoms with Gasteiger partial charge in [0.1, 0.15) is 5.02 Å². The molecule has 1 aromatic heterocycles. The van der Waals surface area contributed by atoms with Crippen molar-refractivity contribution in [3.05, 3.63) is 21.6 Å². The number of anilines is 1. The summed E-state index contributed by atoms with van der Waals surface area (Å²) in [5.41, 5.74) is 0.456. The van der Waals surface area contributed by atoms with Gasteiger partial charge in [-0.05, 0) is 25.7 Å². The first-order valence-electron chi connectivity index (χ1n) is 6.65. The zero-order chi connectivity index (χ0) is 13.1. The van der Waals surface area contributed by atoms with Crippen LogP contribution < -0.4 is 10.9 Å². The molecule has 1 aromatic rings. The second-order valence-corrected chi connectivity index (χ2v) is 5.38. The van der Waals surface area contributed by atoms with Crippen LogP contribution in [0.25, 0.3) is 0 Å². The highest BCUT2D eigenvalue weighted by atomic mass is 35.5. The van der Waals surface area contributed by atoms with E-state index in [1.54, 1.807) is 6.20 Å². The molecule has 1 N–H and O–H groups in total. The molecule has 100 valence electrons. The highest BCUT2D eigenvalue weighted by Crippen LogP contribution is 2.28. The van der Waals surface area contributed by atoms with E-state index in [0.29, 0.717) is 24.2 Å². The quantitative estimate of drug-likeness (QED) is 0.918. The molecule has 5 heteroatoms. The van der Waals surface area contributed by atoms with Crippen LogP contribution >= 0.6 is 11.6 Å². The lowest BCUT2D eigenvalue weighted by Gasteiger charge is -2.30. The van der Waals surface area contributed by atoms with Crippen molar-refractivity contribution in [3.63, 3.8) is 0 Å². The summed E-state index contributed by atoms with van der Waals surface area (Å²) >= 11 is 6.11. The van der Waals surface area contributed by atoms with E-state index in [1.165, 1.54) is 23.9 Å². The predicted molar refractivity (Wildman–Crippen MR) is 74.2 cm³/mol. The van der Waals surface area contributed by atoms with E-state index in [1.807, 2.05) is 6.92 Å². The van der Waals surface area contributed by atoms with Gasteiger partial charge in [0.15, 0.2) is 0 Å². The number of hydrogen-bond donors (Lipinski definition) is 1. The molecule has 0 aromatic carbocycles. The van der Waals surface area contributed by atoms with Crippen molar-refractivity contribution in [2.45, 2.75) is 52.1 Å². The molecule has 0 radical (unpaired) electrons. The number of rotatable bonds is 3. The van der Waals surface area contributed by atoms with Crippen molar-refractivity contribution in [1.29, 1.82) is 0 Å². The lowest BCUT2D eigenvalue weighted by molar-refractivity contribution is 0.349. The molecule has 0 spiro atoms. The molecule has 0 amide bonds. The maximum Gasteiger partial charge on any atom is 0.287 e. The smallest absolute Gasteiger partial charge is 0.287 e. The molecular weight excluding hydrogens is 250 g/mol. The molecule has 1 aliphatic carbocycles. The van der Waals surface area contributed by atoms with Crippen molar-refractivity contribution >= 4 is 17.3 Å². The van der Waals surface area contributed by atoms with Gasteiger partial charge < -0.3 is 5.32 Å². The third-order valence-electron chi connectivity index (χ3n) is 3.74. The average molecular weight is 270 g/mol. The minimum Gasteiger partial charge on any atom is -0.379 e. The van der Waals surface area contributed by atoms with Gasteiger partial charge in [0.2, 0.25) is 0 Å². The zero-order valence-electron chi connectivity index (χ0n) is 10.9. The maximum atomic E-state index is 11.9. The fraction of sp³-hybridized carbons (Fsp3) is 0.692. The molecule has 1 saturated carbocycles. The molecule has 1 aliphatic rings. The number of aromatic nitrogens is 2. The summed E-state index contributed by atoms with van der Waals surface area (Å²) in [6, 6.07) is 0.398. The lowest BCUT2D eigenvalue weighted by Crippen LogP contribution is -2.32. The lowest BCUT2D eigenvalue weighted by atomic mass is 9.86. The number of nitrogens with zero attached hydrogens (tertiary/aromatic N) is 2. The molecule has 1 heterocycles. The summed E-state index contributed by atoms with van der Waals surface area (Å²) in [6.07, 6.45) is 6.56. The van der Waals surface area contributed by atoms with Gasteiger partial charge in [-0.25, -0.2) is 4.68 Å². The molecule has 18 heavy (non-hydrogen) atoms. The van der Waals surface area contributed by atoms with Crippen molar-refractivity contribution in [1.82, 2.24) is 9.78 Å². The van der Waals surface area contributed by atoms with E-state index in [2.05, 4.69) is 17.3 Å². The summed E-state index contributed by atoms with van der Waals surface area (Å²) in [4.78, 5) is 11.9. The van der Waals surface area contributed by atoms with Gasteiger partial charge in [-0.15, -0.1) is 0 Å². The molecular formula is C13H20ClN3O. The third kappa shape index (κ3) is 2.69. The molecule has 2 atom stereocenters. The average Bonchev–Trinajstić information content (AvgIpc) is 2.38. The van der Waals surface area contributed by atoms with Gasteiger partial charge in [-0.2, -0.15) is 5.10 Å². The first kappa shape index (κ1) is 13.4. The van der Waals surface area contributed by atoms with Gasteiger partial charge in [-0.3, -0.25) is 4.79 Å². The Labute approximate surface area is 112 Å². The monoisotopic (exact) mass is 269 g/mol. The van der Waals surface area contributed by atoms with Crippen molar-refractivity contribution in [2.24, 2.45) is 5.92 Å². The van der Waals surface area contributed by atoms with Gasteiger partial charge in [0.05, 0.1) is 11.9 Å². The Kier molecular flexibility index (Phi) is 4.27. The van der Waals surface area contributed by atoms with Gasteiger partial charge >= 0.3 is 0 Å². The number of aryl methyl sites for hydroxylation is 1. The first-order valence-corrected chi connectivity index (χ1v) is 7.03. The van der Waals surface area contributed by atoms with Crippen molar-refractivity contribution in [3.8, 4) is 0 Å². The number of nitrogens with one attached hydrogen (secondary N) is 1. The van der Waals surface area contributed by atoms with Crippen LogP contribution in [0.1, 0.15) is 39.5 Å². The summed E-state index contributed by atoms with van der Waals surface area (Å²) in [5.74, 6) is 0.614. The fourth-order valence-electron chi connectivity index (χ4n) is 2.52. The summed E-state index contributed by atoms with van der Waals surface area (Å²) < 4.78 is 1.37. The highest BCUT2D eigenvalue weighted by molar-refractivity contribution is 6.32. The minimum absolute atomic E-state index is 0.215. The Balaban J connectivity index is 2.19. The highest BCUT2D eigenvalue weighted by Gasteiger charge is 2.22. The van der Waals surface area contributed by atoms with Crippen LogP contribution in [0.4, 0.5) is 5.69 Å². The Morgan fingerprint density at radius 3 is 2.89 bits per heavy atom. The standard InChI is InChI=1S/C13H20ClN3O/c1-3-17-13(18)12(14)11(8-15-17)16-10-7-5-4-6-9(10)2/h8-10,16H,3-7H2,1-2H3. The van der Waals surface area contributed by atoms with Crippen LogP contribution in [0.3, 0.4) is 0 Å². The number of halogens is 1. The van der Waals surface area contributed by atoms with Crippen LogP contribution in [-0.4, -0.2) is 15.8 Å². The molecule has 0 aliphatic heterocycles. The predicted octanol–water partition coefficient (Wildman–Crippen LogP) is 2.91. The Morgan fingerprint density at radius 2 is 2.22 bits per heavy atom. The van der Waals surface area contributed by atoms with E-state index in [0.717, 1.165) is 6.42 Å². The Morgan fingerprint density at radius 1 is 1.50 bits per heavy atom. The molecule has 0 bridgehead atoms. The third-order valence-corrected chi connectivity index (χ3v) is 4.10. The summed E-state index contributed by atoms with van der Waals surface area (Å²) in [5, 5.41) is 7.74. The van der Waals surface area contributed by atoms with Crippen LogP contribution in [-0.2, 0) is 6.54 Å². The summed E-state index contributed by atoms with van der Waals surface area (Å²) in [7, 11) is 0. The van der Waals surface area contributed by atoms with Gasteiger partial charge in [0, 0.05) is 12.6 Å². The Bertz CT molecular complexity index is 472. The molecule has 4 nitrogen and oxygen atoms in total. The fourth-order valence-corrected chi connectivity index (χ4v) is 2.72. The minimum atomic E-state index is -0.215. The van der Waals surface area contributed by atoms with Crippen LogP contribution in [0.5, 0.6) is 0 Å². The summed E-state index contributed by atoms with van der Waals surface area (Å²) in [6.45, 7) is 4.66. The second kappa shape index (κ2) is 5.74. The van der Waals surface area contributed by atoms with Gasteiger partial charge in [0.25, 0.3) is 5.56 Å². The molecule has 2 unspecified atom stereocenters. The normalized spacial score (nSPS) is 23.9. The van der Waals surface area contributed by atoms with Crippen molar-refractivity contribution in [2.75, 3.05) is 5.32 Å². The number of hydrogen-bond acceptors (Lipinski definition) is 3. The van der Waals surface area contributed by atoms with E-state index < -0.39 is 0 Å². The second-order valence-electron chi connectivity index (χ2n) is 5.01. The van der Waals surface area contributed by atoms with E-state index in [4.69, 9.17) is 11.6 Å². The van der Waals surface area contributed by atoms with E-state index in [9.17, 15) is 4.79 Å². The SMILES string of the molecule is CCn1ncc(NC2CCCCC2C)c(Cl)c1=O. The molecule has 2 rings (SSSR count). The maximum absolute atomic E-state index is 11.9. The Hall–Kier alpha value is -1.03. The molecule has 1 fully saturated rings. The van der Waals surface area contributed by atoms with Crippen LogP contribution in [0.15, 0.2) is 11.0 Å². The topological polar surface area (TPSA) is 46.9 Å². The molecule has 0 saturated heterocycles. The first-order chi connectivity index (χ1) is 8.63. The van der Waals surface area contributed by atoms with E-state index in [-0.39, 0.29) is 10.6 Å². The van der Waals surface area contributed by atoms with Gasteiger partial charge in [-0.1, -0.05) is 31.4 Å². The van der Waals surface area contributed by atoms with Crippen LogP contribution in [0.2, 0.25) is 5.02 Å². The van der Waals surface area contributed by atoms with E-state index >= 15 is 0 Å². The van der Waals surface area contributed by atoms with Crippen LogP contribution in [0, 0.1) is 5.92 Å². The zero-order valence-corrected chi connectivity index (χ0v) is 11.7.